The number of piperidine rings is 1. The van der Waals surface area contributed by atoms with E-state index in [1.54, 1.807) is 4.90 Å². The zero-order valence-corrected chi connectivity index (χ0v) is 16.8. The van der Waals surface area contributed by atoms with Crippen molar-refractivity contribution >= 4 is 23.8 Å². The molecule has 0 aromatic carbocycles. The maximum atomic E-state index is 13.1. The maximum Gasteiger partial charge on any atom is 0.325 e. The summed E-state index contributed by atoms with van der Waals surface area (Å²) in [4.78, 5) is 53.9. The number of fused-ring (bicyclic) bond motifs is 2. The van der Waals surface area contributed by atoms with Crippen LogP contribution < -0.4 is 5.32 Å². The number of amides is 5. The molecule has 0 spiro atoms. The fourth-order valence-electron chi connectivity index (χ4n) is 5.22. The topological polar surface area (TPSA) is 116 Å². The molecule has 1 aromatic heterocycles. The van der Waals surface area contributed by atoms with Crippen LogP contribution >= 0.6 is 0 Å². The van der Waals surface area contributed by atoms with Crippen molar-refractivity contribution in [3.05, 3.63) is 17.0 Å². The molecule has 4 aliphatic rings. The molecule has 0 bridgehead atoms. The van der Waals surface area contributed by atoms with Crippen molar-refractivity contribution in [2.75, 3.05) is 32.7 Å². The van der Waals surface area contributed by atoms with Gasteiger partial charge in [0.05, 0.1) is 6.54 Å². The molecule has 2 atom stereocenters. The van der Waals surface area contributed by atoms with Crippen molar-refractivity contribution in [1.82, 2.24) is 25.2 Å². The first-order valence-corrected chi connectivity index (χ1v) is 10.7. The van der Waals surface area contributed by atoms with Gasteiger partial charge in [-0.2, -0.15) is 0 Å². The zero-order chi connectivity index (χ0) is 20.8. The molecule has 10 nitrogen and oxygen atoms in total. The Morgan fingerprint density at radius 2 is 1.97 bits per heavy atom. The lowest BCUT2D eigenvalue weighted by atomic mass is 9.91. The van der Waals surface area contributed by atoms with Crippen molar-refractivity contribution < 1.29 is 23.7 Å². The van der Waals surface area contributed by atoms with Crippen LogP contribution in [0.3, 0.4) is 0 Å². The van der Waals surface area contributed by atoms with Gasteiger partial charge in [0.25, 0.3) is 11.8 Å². The van der Waals surface area contributed by atoms with E-state index in [2.05, 4.69) is 10.5 Å². The third kappa shape index (κ3) is 3.14. The monoisotopic (exact) mass is 415 g/mol. The van der Waals surface area contributed by atoms with Gasteiger partial charge in [0.2, 0.25) is 5.91 Å². The molecule has 0 saturated carbocycles. The van der Waals surface area contributed by atoms with Gasteiger partial charge in [0, 0.05) is 37.7 Å². The fourth-order valence-corrected chi connectivity index (χ4v) is 5.22. The second-order valence-corrected chi connectivity index (χ2v) is 8.52. The molecule has 0 radical (unpaired) electrons. The Hall–Kier alpha value is -2.91. The third-order valence-electron chi connectivity index (χ3n) is 6.83. The van der Waals surface area contributed by atoms with Gasteiger partial charge in [0.15, 0.2) is 5.69 Å². The van der Waals surface area contributed by atoms with Crippen molar-refractivity contribution in [3.63, 3.8) is 0 Å². The molecule has 1 N–H and O–H groups in total. The molecular weight excluding hydrogens is 390 g/mol. The van der Waals surface area contributed by atoms with Crippen LogP contribution in [0, 0.1) is 5.92 Å². The Morgan fingerprint density at radius 1 is 1.13 bits per heavy atom. The number of aryl methyl sites for hydroxylation is 1. The average Bonchev–Trinajstić information content (AvgIpc) is 3.46. The minimum atomic E-state index is -0.513. The van der Waals surface area contributed by atoms with Crippen LogP contribution in [-0.4, -0.2) is 82.4 Å². The second-order valence-electron chi connectivity index (χ2n) is 8.52. The number of carbonyl (C=O) groups is 4. The van der Waals surface area contributed by atoms with Gasteiger partial charge in [-0.25, -0.2) is 4.79 Å². The Labute approximate surface area is 173 Å². The first kappa shape index (κ1) is 19.1. The van der Waals surface area contributed by atoms with Gasteiger partial charge >= 0.3 is 6.03 Å². The summed E-state index contributed by atoms with van der Waals surface area (Å²) >= 11 is 0. The summed E-state index contributed by atoms with van der Waals surface area (Å²) < 4.78 is 5.40. The summed E-state index contributed by atoms with van der Waals surface area (Å²) in [6.45, 7) is 1.44. The van der Waals surface area contributed by atoms with Gasteiger partial charge in [-0.3, -0.25) is 19.3 Å². The van der Waals surface area contributed by atoms with E-state index in [1.165, 1.54) is 0 Å². The van der Waals surface area contributed by atoms with Gasteiger partial charge in [-0.05, 0) is 38.0 Å². The zero-order valence-electron chi connectivity index (χ0n) is 16.8. The molecule has 3 aliphatic heterocycles. The van der Waals surface area contributed by atoms with E-state index in [9.17, 15) is 19.2 Å². The van der Waals surface area contributed by atoms with Crippen LogP contribution in [0.15, 0.2) is 4.52 Å². The molecule has 1 aliphatic carbocycles. The number of imide groups is 1. The average molecular weight is 415 g/mol. The third-order valence-corrected chi connectivity index (χ3v) is 6.83. The Kier molecular flexibility index (Phi) is 4.71. The number of hydrogen-bond acceptors (Lipinski definition) is 6. The van der Waals surface area contributed by atoms with E-state index in [1.807, 2.05) is 4.90 Å². The van der Waals surface area contributed by atoms with E-state index >= 15 is 0 Å². The highest BCUT2D eigenvalue weighted by atomic mass is 16.5. The highest BCUT2D eigenvalue weighted by Gasteiger charge is 2.43. The van der Waals surface area contributed by atoms with E-state index in [0.29, 0.717) is 31.7 Å². The largest absolute Gasteiger partial charge is 0.360 e. The normalized spacial score (nSPS) is 25.9. The number of rotatable bonds is 3. The second kappa shape index (κ2) is 7.41. The quantitative estimate of drug-likeness (QED) is 0.704. The van der Waals surface area contributed by atoms with E-state index in [-0.39, 0.29) is 42.8 Å². The van der Waals surface area contributed by atoms with Gasteiger partial charge in [0.1, 0.15) is 12.3 Å². The van der Waals surface area contributed by atoms with Crippen LogP contribution in [0.1, 0.15) is 47.5 Å². The van der Waals surface area contributed by atoms with Crippen molar-refractivity contribution in [2.45, 2.75) is 44.6 Å². The number of aromatic nitrogens is 1. The van der Waals surface area contributed by atoms with Crippen molar-refractivity contribution in [2.24, 2.45) is 5.92 Å². The summed E-state index contributed by atoms with van der Waals surface area (Å²) in [6, 6.07) is -0.478. The molecule has 30 heavy (non-hydrogen) atoms. The van der Waals surface area contributed by atoms with Crippen LogP contribution in [0.4, 0.5) is 4.79 Å². The number of carbonyl (C=O) groups excluding carboxylic acids is 4. The lowest BCUT2D eigenvalue weighted by Crippen LogP contribution is -2.51. The van der Waals surface area contributed by atoms with Crippen LogP contribution in [-0.2, 0) is 22.4 Å². The standard InChI is InChI=1S/C20H25N5O5/c26-16-9-21-20(29)25(16)11-17(27)24-8-5-12-10-23(7-6-14(12)24)19(28)18-13-3-1-2-4-15(13)30-22-18/h12,14H,1-11H2,(H,21,29)/t12-,14-/m1/s1. The smallest absolute Gasteiger partial charge is 0.325 e. The molecule has 3 saturated heterocycles. The lowest BCUT2D eigenvalue weighted by Gasteiger charge is -2.38. The predicted molar refractivity (Wildman–Crippen MR) is 102 cm³/mol. The van der Waals surface area contributed by atoms with Gasteiger partial charge in [-0.1, -0.05) is 5.16 Å². The Balaban J connectivity index is 1.23. The fraction of sp³-hybridized carbons (Fsp3) is 0.650. The molecule has 4 heterocycles. The molecular formula is C20H25N5O5. The first-order valence-electron chi connectivity index (χ1n) is 10.7. The molecule has 10 heteroatoms. The number of nitrogens with zero attached hydrogens (tertiary/aromatic N) is 4. The Morgan fingerprint density at radius 3 is 2.77 bits per heavy atom. The highest BCUT2D eigenvalue weighted by molar-refractivity contribution is 6.04. The lowest BCUT2D eigenvalue weighted by molar-refractivity contribution is -0.137. The van der Waals surface area contributed by atoms with Crippen molar-refractivity contribution in [3.8, 4) is 0 Å². The van der Waals surface area contributed by atoms with Crippen molar-refractivity contribution in [1.29, 1.82) is 0 Å². The summed E-state index contributed by atoms with van der Waals surface area (Å²) in [5, 5.41) is 6.50. The molecule has 5 amide bonds. The molecule has 0 unspecified atom stereocenters. The minimum absolute atomic E-state index is 0.0357. The van der Waals surface area contributed by atoms with Gasteiger partial charge < -0.3 is 19.6 Å². The van der Waals surface area contributed by atoms with Gasteiger partial charge in [-0.15, -0.1) is 0 Å². The number of nitrogens with one attached hydrogen (secondary N) is 1. The SMILES string of the molecule is O=C(c1noc2c1CCCC2)N1CC[C@@H]2[C@H](CCN2C(=O)CN2C(=O)CNC2=O)C1. The van der Waals surface area contributed by atoms with E-state index in [4.69, 9.17) is 4.52 Å². The maximum absolute atomic E-state index is 13.1. The van der Waals surface area contributed by atoms with Crippen LogP contribution in [0.2, 0.25) is 0 Å². The Bertz CT molecular complexity index is 895. The highest BCUT2D eigenvalue weighted by Crippen LogP contribution is 2.33. The first-order chi connectivity index (χ1) is 14.5. The number of hydrogen-bond donors (Lipinski definition) is 1. The summed E-state index contributed by atoms with van der Waals surface area (Å²) in [6.07, 6.45) is 5.28. The minimum Gasteiger partial charge on any atom is -0.360 e. The molecule has 3 fully saturated rings. The van der Waals surface area contributed by atoms with Crippen LogP contribution in [0.5, 0.6) is 0 Å². The number of urea groups is 1. The number of likely N-dealkylation sites (tertiary alicyclic amines) is 2. The predicted octanol–water partition coefficient (Wildman–Crippen LogP) is 0.168. The van der Waals surface area contributed by atoms with E-state index < -0.39 is 6.03 Å². The molecule has 5 rings (SSSR count). The summed E-state index contributed by atoms with van der Waals surface area (Å²) in [5.41, 5.74) is 1.41. The molecule has 1 aromatic rings. The van der Waals surface area contributed by atoms with Crippen LogP contribution in [0.25, 0.3) is 0 Å². The summed E-state index contributed by atoms with van der Waals surface area (Å²) in [5.74, 6) is 0.373. The van der Waals surface area contributed by atoms with E-state index in [0.717, 1.165) is 48.3 Å². The molecule has 160 valence electrons. The summed E-state index contributed by atoms with van der Waals surface area (Å²) in [7, 11) is 0.